The number of nitrogens with two attached hydrogens (primary N) is 1. The third kappa shape index (κ3) is 3.56. The molecule has 4 N–H and O–H groups in total. The van der Waals surface area contributed by atoms with Gasteiger partial charge in [-0.25, -0.2) is 4.79 Å². The number of nitrogens with zero attached hydrogens (tertiary/aromatic N) is 2. The van der Waals surface area contributed by atoms with Crippen molar-refractivity contribution in [1.82, 2.24) is 15.5 Å². The second kappa shape index (κ2) is 7.90. The zero-order chi connectivity index (χ0) is 20.2. The van der Waals surface area contributed by atoms with Crippen molar-refractivity contribution in [1.29, 1.82) is 5.26 Å². The summed E-state index contributed by atoms with van der Waals surface area (Å²) >= 11 is 0. The normalized spacial score (nSPS) is 12.4. The molecule has 7 nitrogen and oxygen atoms in total. The number of aromatic nitrogens is 2. The molecule has 1 aromatic heterocycles. The summed E-state index contributed by atoms with van der Waals surface area (Å²) in [7, 11) is 0. The summed E-state index contributed by atoms with van der Waals surface area (Å²) in [5, 5.41) is 18.1. The van der Waals surface area contributed by atoms with Crippen molar-refractivity contribution < 1.29 is 9.53 Å². The summed E-state index contributed by atoms with van der Waals surface area (Å²) in [5.41, 5.74) is 11.1. The van der Waals surface area contributed by atoms with Crippen molar-refractivity contribution in [2.75, 3.05) is 18.9 Å². The minimum Gasteiger partial charge on any atom is -0.449 e. The average Bonchev–Trinajstić information content (AvgIpc) is 3.27. The van der Waals surface area contributed by atoms with Crippen molar-refractivity contribution in [3.05, 3.63) is 77.0 Å². The van der Waals surface area contributed by atoms with Crippen LogP contribution < -0.4 is 11.1 Å². The first-order chi connectivity index (χ1) is 14.2. The van der Waals surface area contributed by atoms with Crippen LogP contribution in [0.2, 0.25) is 0 Å². The Labute approximate surface area is 167 Å². The number of rotatable bonds is 5. The first kappa shape index (κ1) is 18.3. The number of benzene rings is 2. The molecule has 1 amide bonds. The second-order valence-electron chi connectivity index (χ2n) is 6.62. The van der Waals surface area contributed by atoms with Gasteiger partial charge in [-0.05, 0) is 28.3 Å². The number of nitrogens with one attached hydrogen (secondary N) is 2. The second-order valence-corrected chi connectivity index (χ2v) is 6.62. The third-order valence-corrected chi connectivity index (χ3v) is 4.93. The van der Waals surface area contributed by atoms with Gasteiger partial charge in [0.25, 0.3) is 0 Å². The number of nitriles is 1. The van der Waals surface area contributed by atoms with Gasteiger partial charge in [0.15, 0.2) is 5.82 Å². The molecule has 0 radical (unpaired) electrons. The first-order valence-electron chi connectivity index (χ1n) is 9.18. The highest BCUT2D eigenvalue weighted by Crippen LogP contribution is 2.44. The van der Waals surface area contributed by atoms with E-state index in [9.17, 15) is 4.79 Å². The Morgan fingerprint density at radius 1 is 1.21 bits per heavy atom. The van der Waals surface area contributed by atoms with E-state index >= 15 is 0 Å². The quantitative estimate of drug-likeness (QED) is 0.622. The molecule has 4 rings (SSSR count). The fourth-order valence-corrected chi connectivity index (χ4v) is 3.58. The van der Waals surface area contributed by atoms with Gasteiger partial charge in [0, 0.05) is 12.5 Å². The molecule has 144 valence electrons. The fraction of sp³-hybridized carbons (Fsp3) is 0.136. The van der Waals surface area contributed by atoms with Crippen LogP contribution in [0.5, 0.6) is 0 Å². The molecule has 0 saturated carbocycles. The molecule has 0 fully saturated rings. The highest BCUT2D eigenvalue weighted by molar-refractivity contribution is 5.79. The fourth-order valence-electron chi connectivity index (χ4n) is 3.58. The molecule has 1 aliphatic rings. The van der Waals surface area contributed by atoms with Crippen molar-refractivity contribution in [3.63, 3.8) is 0 Å². The number of aromatic amines is 1. The number of ether oxygens (including phenoxy) is 1. The highest BCUT2D eigenvalue weighted by atomic mass is 16.5. The lowest BCUT2D eigenvalue weighted by atomic mass is 9.98. The zero-order valence-electron chi connectivity index (χ0n) is 15.6. The first-order valence-corrected chi connectivity index (χ1v) is 9.18. The van der Waals surface area contributed by atoms with Gasteiger partial charge in [-0.15, -0.1) is 0 Å². The molecule has 29 heavy (non-hydrogen) atoms. The topological polar surface area (TPSA) is 117 Å². The Balaban J connectivity index is 1.35. The van der Waals surface area contributed by atoms with Crippen molar-refractivity contribution in [2.24, 2.45) is 0 Å². The minimum atomic E-state index is -0.499. The van der Waals surface area contributed by atoms with E-state index in [4.69, 9.17) is 15.7 Å². The zero-order valence-corrected chi connectivity index (χ0v) is 15.6. The smallest absolute Gasteiger partial charge is 0.407 e. The minimum absolute atomic E-state index is 0.0230. The van der Waals surface area contributed by atoms with Crippen LogP contribution in [-0.4, -0.2) is 29.4 Å². The lowest BCUT2D eigenvalue weighted by Gasteiger charge is -2.14. The van der Waals surface area contributed by atoms with Crippen molar-refractivity contribution in [3.8, 4) is 17.2 Å². The molecule has 1 aliphatic carbocycles. The molecule has 1 heterocycles. The SMILES string of the molecule is N#Cc1c(N)n[nH]c1C=CCNC(=O)OCC1c2ccccc2-c2ccccc21. The van der Waals surface area contributed by atoms with E-state index in [-0.39, 0.29) is 30.5 Å². The third-order valence-electron chi connectivity index (χ3n) is 4.93. The Morgan fingerprint density at radius 3 is 2.52 bits per heavy atom. The number of amides is 1. The van der Waals surface area contributed by atoms with Crippen LogP contribution in [-0.2, 0) is 4.74 Å². The molecular formula is C22H19N5O2. The number of nitrogen functional groups attached to an aromatic ring is 1. The molecule has 0 unspecified atom stereocenters. The molecule has 0 atom stereocenters. The predicted molar refractivity (Wildman–Crippen MR) is 110 cm³/mol. The number of carbonyl (C=O) groups excluding carboxylic acids is 1. The molecule has 0 bridgehead atoms. The maximum absolute atomic E-state index is 12.1. The summed E-state index contributed by atoms with van der Waals surface area (Å²) in [6.07, 6.45) is 2.84. The van der Waals surface area contributed by atoms with E-state index in [1.807, 2.05) is 30.3 Å². The average molecular weight is 385 g/mol. The number of hydrogen-bond acceptors (Lipinski definition) is 5. The van der Waals surface area contributed by atoms with Crippen LogP contribution in [0.4, 0.5) is 10.6 Å². The molecule has 7 heteroatoms. The van der Waals surface area contributed by atoms with Crippen LogP contribution in [0.25, 0.3) is 17.2 Å². The Bertz CT molecular complexity index is 1080. The predicted octanol–water partition coefficient (Wildman–Crippen LogP) is 3.42. The summed E-state index contributed by atoms with van der Waals surface area (Å²) in [4.78, 5) is 12.1. The summed E-state index contributed by atoms with van der Waals surface area (Å²) in [6.45, 7) is 0.514. The van der Waals surface area contributed by atoms with Crippen molar-refractivity contribution in [2.45, 2.75) is 5.92 Å². The van der Waals surface area contributed by atoms with Gasteiger partial charge in [0.2, 0.25) is 0 Å². The van der Waals surface area contributed by atoms with Crippen LogP contribution in [0.1, 0.15) is 28.3 Å². The Kier molecular flexibility index (Phi) is 4.99. The number of fused-ring (bicyclic) bond motifs is 3. The number of hydrogen-bond donors (Lipinski definition) is 3. The van der Waals surface area contributed by atoms with E-state index in [1.165, 1.54) is 22.3 Å². The maximum atomic E-state index is 12.1. The Hall–Kier alpha value is -4.05. The number of anilines is 1. The maximum Gasteiger partial charge on any atom is 0.407 e. The van der Waals surface area contributed by atoms with Crippen LogP contribution in [0.3, 0.4) is 0 Å². The van der Waals surface area contributed by atoms with Crippen LogP contribution >= 0.6 is 0 Å². The van der Waals surface area contributed by atoms with Gasteiger partial charge in [0.05, 0.1) is 5.69 Å². The summed E-state index contributed by atoms with van der Waals surface area (Å²) < 4.78 is 5.46. The van der Waals surface area contributed by atoms with E-state index < -0.39 is 6.09 Å². The largest absolute Gasteiger partial charge is 0.449 e. The van der Waals surface area contributed by atoms with E-state index in [0.29, 0.717) is 5.69 Å². The molecule has 3 aromatic rings. The number of carbonyl (C=O) groups is 1. The molecule has 0 spiro atoms. The molecule has 0 aliphatic heterocycles. The van der Waals surface area contributed by atoms with Gasteiger partial charge >= 0.3 is 6.09 Å². The monoisotopic (exact) mass is 385 g/mol. The van der Waals surface area contributed by atoms with Gasteiger partial charge in [-0.2, -0.15) is 10.4 Å². The molecular weight excluding hydrogens is 366 g/mol. The number of H-pyrrole nitrogens is 1. The van der Waals surface area contributed by atoms with E-state index in [0.717, 1.165) is 0 Å². The standard InChI is InChI=1S/C22H19N5O2/c23-12-18-20(26-27-21(18)24)10-5-11-25-22(28)29-13-19-16-8-3-1-6-14(16)15-7-2-4-9-17(15)19/h1-10,19H,11,13H2,(H,25,28)(H3,24,26,27). The molecule has 2 aromatic carbocycles. The highest BCUT2D eigenvalue weighted by Gasteiger charge is 2.28. The van der Waals surface area contributed by atoms with Gasteiger partial charge < -0.3 is 15.8 Å². The lowest BCUT2D eigenvalue weighted by molar-refractivity contribution is 0.144. The Morgan fingerprint density at radius 2 is 1.86 bits per heavy atom. The van der Waals surface area contributed by atoms with Crippen molar-refractivity contribution >= 4 is 18.0 Å². The lowest BCUT2D eigenvalue weighted by Crippen LogP contribution is -2.26. The number of alkyl carbamates (subject to hydrolysis) is 1. The van der Waals surface area contributed by atoms with Crippen LogP contribution in [0.15, 0.2) is 54.6 Å². The van der Waals surface area contributed by atoms with Crippen LogP contribution in [0, 0.1) is 11.3 Å². The summed E-state index contributed by atoms with van der Waals surface area (Å²) in [5.74, 6) is 0.173. The summed E-state index contributed by atoms with van der Waals surface area (Å²) in [6, 6.07) is 18.4. The van der Waals surface area contributed by atoms with Gasteiger partial charge in [-0.1, -0.05) is 54.6 Å². The van der Waals surface area contributed by atoms with E-state index in [1.54, 1.807) is 12.2 Å². The van der Waals surface area contributed by atoms with E-state index in [2.05, 4.69) is 39.8 Å². The van der Waals surface area contributed by atoms with Gasteiger partial charge in [-0.3, -0.25) is 5.10 Å². The van der Waals surface area contributed by atoms with Gasteiger partial charge in [0.1, 0.15) is 18.2 Å². The molecule has 0 saturated heterocycles.